The Hall–Kier alpha value is -2.95. The molecule has 0 aliphatic heterocycles. The maximum atomic E-state index is 12.1. The van der Waals surface area contributed by atoms with Crippen molar-refractivity contribution in [2.24, 2.45) is 0 Å². The summed E-state index contributed by atoms with van der Waals surface area (Å²) in [5.74, 6) is -0.122. The van der Waals surface area contributed by atoms with Crippen LogP contribution in [-0.4, -0.2) is 15.9 Å². The van der Waals surface area contributed by atoms with Gasteiger partial charge in [0.2, 0.25) is 5.91 Å². The summed E-state index contributed by atoms with van der Waals surface area (Å²) in [4.78, 5) is 20.3. The topological polar surface area (TPSA) is 80.9 Å². The van der Waals surface area contributed by atoms with Gasteiger partial charge < -0.3 is 11.1 Å². The van der Waals surface area contributed by atoms with Gasteiger partial charge in [-0.15, -0.1) is 0 Å². The molecule has 0 unspecified atom stereocenters. The second-order valence-electron chi connectivity index (χ2n) is 4.71. The number of nitrogens with zero attached hydrogens (tertiary/aromatic N) is 2. The van der Waals surface area contributed by atoms with Crippen molar-refractivity contribution in [1.29, 1.82) is 0 Å². The molecule has 5 heteroatoms. The predicted molar refractivity (Wildman–Crippen MR) is 82.7 cm³/mol. The molecular weight excluding hydrogens is 264 g/mol. The van der Waals surface area contributed by atoms with E-state index >= 15 is 0 Å². The summed E-state index contributed by atoms with van der Waals surface area (Å²) in [6.07, 6.45) is 5.22. The van der Waals surface area contributed by atoms with Gasteiger partial charge in [-0.25, -0.2) is 0 Å². The van der Waals surface area contributed by atoms with Crippen LogP contribution in [0.2, 0.25) is 0 Å². The van der Waals surface area contributed by atoms with Gasteiger partial charge in [0.25, 0.3) is 0 Å². The summed E-state index contributed by atoms with van der Waals surface area (Å²) >= 11 is 0. The van der Waals surface area contributed by atoms with Gasteiger partial charge in [0.1, 0.15) is 0 Å². The molecule has 3 N–H and O–H groups in total. The lowest BCUT2D eigenvalue weighted by atomic mass is 10.1. The van der Waals surface area contributed by atoms with Crippen LogP contribution in [0.4, 0.5) is 11.4 Å². The molecule has 1 aromatic carbocycles. The Morgan fingerprint density at radius 3 is 2.86 bits per heavy atom. The van der Waals surface area contributed by atoms with Crippen LogP contribution in [0.15, 0.2) is 55.0 Å². The molecule has 0 fully saturated rings. The van der Waals surface area contributed by atoms with E-state index in [2.05, 4.69) is 15.3 Å². The highest BCUT2D eigenvalue weighted by molar-refractivity contribution is 6.02. The molecule has 0 aliphatic rings. The number of nitrogen functional groups attached to an aromatic ring is 1. The molecule has 0 saturated carbocycles. The van der Waals surface area contributed by atoms with E-state index in [4.69, 9.17) is 5.73 Å². The number of hydrogen-bond donors (Lipinski definition) is 2. The summed E-state index contributed by atoms with van der Waals surface area (Å²) in [6.45, 7) is 0. The molecule has 2 aromatic heterocycles. The number of fused-ring (bicyclic) bond motifs is 1. The number of pyridine rings is 2. The van der Waals surface area contributed by atoms with Gasteiger partial charge in [-0.2, -0.15) is 0 Å². The molecule has 0 bridgehead atoms. The maximum Gasteiger partial charge on any atom is 0.230 e. The molecule has 1 amide bonds. The summed E-state index contributed by atoms with van der Waals surface area (Å²) < 4.78 is 0. The maximum absolute atomic E-state index is 12.1. The van der Waals surface area contributed by atoms with Crippen molar-refractivity contribution in [3.63, 3.8) is 0 Å². The van der Waals surface area contributed by atoms with Crippen molar-refractivity contribution in [3.8, 4) is 0 Å². The van der Waals surface area contributed by atoms with Gasteiger partial charge in [0.05, 0.1) is 24.0 Å². The van der Waals surface area contributed by atoms with E-state index < -0.39 is 0 Å². The zero-order valence-electron chi connectivity index (χ0n) is 11.3. The van der Waals surface area contributed by atoms with Gasteiger partial charge in [0, 0.05) is 23.5 Å². The number of rotatable bonds is 3. The van der Waals surface area contributed by atoms with Crippen molar-refractivity contribution in [3.05, 3.63) is 60.7 Å². The molecule has 0 saturated heterocycles. The Morgan fingerprint density at radius 1 is 1.14 bits per heavy atom. The fourth-order valence-electron chi connectivity index (χ4n) is 2.12. The van der Waals surface area contributed by atoms with Crippen LogP contribution < -0.4 is 11.1 Å². The van der Waals surface area contributed by atoms with E-state index in [0.29, 0.717) is 11.4 Å². The summed E-state index contributed by atoms with van der Waals surface area (Å²) in [5, 5.41) is 4.85. The van der Waals surface area contributed by atoms with E-state index in [1.165, 1.54) is 0 Å². The zero-order valence-corrected chi connectivity index (χ0v) is 11.3. The minimum Gasteiger partial charge on any atom is -0.397 e. The monoisotopic (exact) mass is 278 g/mol. The third kappa shape index (κ3) is 2.97. The third-order valence-electron chi connectivity index (χ3n) is 3.15. The van der Waals surface area contributed by atoms with Crippen LogP contribution in [-0.2, 0) is 11.2 Å². The molecule has 3 rings (SSSR count). The van der Waals surface area contributed by atoms with Gasteiger partial charge >= 0.3 is 0 Å². The normalized spacial score (nSPS) is 10.5. The van der Waals surface area contributed by atoms with Gasteiger partial charge in [-0.05, 0) is 29.7 Å². The molecule has 0 spiro atoms. The third-order valence-corrected chi connectivity index (χ3v) is 3.15. The predicted octanol–water partition coefficient (Wildman–Crippen LogP) is 2.39. The molecule has 2 heterocycles. The largest absolute Gasteiger partial charge is 0.397 e. The highest BCUT2D eigenvalue weighted by Gasteiger charge is 2.07. The number of anilines is 2. The van der Waals surface area contributed by atoms with Gasteiger partial charge in [0.15, 0.2) is 0 Å². The number of carbonyl (C=O) groups is 1. The first-order valence-electron chi connectivity index (χ1n) is 6.55. The molecule has 0 aliphatic carbocycles. The fraction of sp³-hybridized carbons (Fsp3) is 0.0625. The lowest BCUT2D eigenvalue weighted by Gasteiger charge is -2.08. The number of hydrogen-bond acceptors (Lipinski definition) is 4. The molecule has 0 atom stereocenters. The number of nitrogens with two attached hydrogens (primary N) is 1. The highest BCUT2D eigenvalue weighted by Crippen LogP contribution is 2.22. The first-order chi connectivity index (χ1) is 10.2. The number of benzene rings is 1. The first kappa shape index (κ1) is 13.1. The second-order valence-corrected chi connectivity index (χ2v) is 4.71. The van der Waals surface area contributed by atoms with Crippen molar-refractivity contribution >= 4 is 28.1 Å². The Balaban J connectivity index is 1.79. The fourth-order valence-corrected chi connectivity index (χ4v) is 2.12. The summed E-state index contributed by atoms with van der Waals surface area (Å²) in [6, 6.07) is 11.1. The van der Waals surface area contributed by atoms with Crippen LogP contribution >= 0.6 is 0 Å². The highest BCUT2D eigenvalue weighted by atomic mass is 16.1. The average molecular weight is 278 g/mol. The van der Waals surface area contributed by atoms with Crippen LogP contribution in [0.25, 0.3) is 10.8 Å². The van der Waals surface area contributed by atoms with E-state index in [1.54, 1.807) is 30.7 Å². The standard InChI is InChI=1S/C16H14N4O/c17-12-4-5-13(19-9-12)8-16(21)20-15-3-1-2-11-6-7-18-10-14(11)15/h1-7,9-10H,8,17H2,(H,20,21). The van der Waals surface area contributed by atoms with Crippen molar-refractivity contribution in [1.82, 2.24) is 9.97 Å². The molecule has 0 radical (unpaired) electrons. The lowest BCUT2D eigenvalue weighted by molar-refractivity contribution is -0.115. The van der Waals surface area contributed by atoms with Crippen molar-refractivity contribution in [2.75, 3.05) is 11.1 Å². The first-order valence-corrected chi connectivity index (χ1v) is 6.55. The van der Waals surface area contributed by atoms with E-state index in [1.807, 2.05) is 24.3 Å². The van der Waals surface area contributed by atoms with Crippen molar-refractivity contribution in [2.45, 2.75) is 6.42 Å². The lowest BCUT2D eigenvalue weighted by Crippen LogP contribution is -2.15. The SMILES string of the molecule is Nc1ccc(CC(=O)Nc2cccc3ccncc23)nc1. The average Bonchev–Trinajstić information content (AvgIpc) is 2.50. The Morgan fingerprint density at radius 2 is 2.05 bits per heavy atom. The summed E-state index contributed by atoms with van der Waals surface area (Å²) in [5.41, 5.74) is 7.59. The Labute approximate surface area is 121 Å². The number of aromatic nitrogens is 2. The number of amides is 1. The molecule has 3 aromatic rings. The van der Waals surface area contributed by atoms with Crippen molar-refractivity contribution < 1.29 is 4.79 Å². The van der Waals surface area contributed by atoms with Gasteiger partial charge in [-0.1, -0.05) is 12.1 Å². The van der Waals surface area contributed by atoms with E-state index in [-0.39, 0.29) is 12.3 Å². The number of nitrogens with one attached hydrogen (secondary N) is 1. The van der Waals surface area contributed by atoms with Crippen LogP contribution in [0.5, 0.6) is 0 Å². The molecule has 21 heavy (non-hydrogen) atoms. The minimum absolute atomic E-state index is 0.122. The second kappa shape index (κ2) is 5.58. The number of carbonyl (C=O) groups excluding carboxylic acids is 1. The molecular formula is C16H14N4O. The zero-order chi connectivity index (χ0) is 14.7. The minimum atomic E-state index is -0.122. The smallest absolute Gasteiger partial charge is 0.230 e. The molecule has 5 nitrogen and oxygen atoms in total. The van der Waals surface area contributed by atoms with E-state index in [9.17, 15) is 4.79 Å². The Kier molecular flexibility index (Phi) is 3.47. The van der Waals surface area contributed by atoms with E-state index in [0.717, 1.165) is 16.5 Å². The Bertz CT molecular complexity index is 778. The summed E-state index contributed by atoms with van der Waals surface area (Å²) in [7, 11) is 0. The van der Waals surface area contributed by atoms with Gasteiger partial charge in [-0.3, -0.25) is 14.8 Å². The molecule has 104 valence electrons. The van der Waals surface area contributed by atoms with Crippen LogP contribution in [0.1, 0.15) is 5.69 Å². The van der Waals surface area contributed by atoms with Crippen LogP contribution in [0, 0.1) is 0 Å². The quantitative estimate of drug-likeness (QED) is 0.770. The van der Waals surface area contributed by atoms with Crippen LogP contribution in [0.3, 0.4) is 0 Å².